The number of amides is 1. The fourth-order valence-corrected chi connectivity index (χ4v) is 4.28. The molecular weight excluding hydrogens is 372 g/mol. The second-order valence-electron chi connectivity index (χ2n) is 6.77. The first-order valence-corrected chi connectivity index (χ1v) is 10.8. The van der Waals surface area contributed by atoms with Crippen LogP contribution in [0, 0.1) is 0 Å². The van der Waals surface area contributed by atoms with Crippen LogP contribution < -0.4 is 4.31 Å². The maximum atomic E-state index is 12.0. The van der Waals surface area contributed by atoms with Crippen LogP contribution in [0.5, 0.6) is 0 Å². The Morgan fingerprint density at radius 1 is 0.893 bits per heavy atom. The van der Waals surface area contributed by atoms with Gasteiger partial charge in [-0.15, -0.1) is 0 Å². The molecule has 0 bridgehead atoms. The van der Waals surface area contributed by atoms with Crippen molar-refractivity contribution in [2.45, 2.75) is 13.0 Å². The van der Waals surface area contributed by atoms with Gasteiger partial charge in [0.25, 0.3) is 0 Å². The molecule has 0 spiro atoms. The Balaban J connectivity index is 1.87. The van der Waals surface area contributed by atoms with E-state index < -0.39 is 10.0 Å². The maximum Gasteiger partial charge on any atom is 0.238 e. The topological polar surface area (TPSA) is 59.4 Å². The molecule has 0 aliphatic rings. The minimum Gasteiger partial charge on any atom is -0.340 e. The molecule has 0 aliphatic heterocycles. The van der Waals surface area contributed by atoms with Gasteiger partial charge in [0.05, 0.1) is 17.5 Å². The second-order valence-corrected chi connectivity index (χ2v) is 8.63. The van der Waals surface area contributed by atoms with Gasteiger partial charge in [-0.2, -0.15) is 0 Å². The number of fused-ring (bicyclic) bond motifs is 3. The van der Waals surface area contributed by atoms with Crippen molar-refractivity contribution in [2.24, 2.45) is 0 Å². The molecule has 6 heteroatoms. The summed E-state index contributed by atoms with van der Waals surface area (Å²) in [6.07, 6.45) is 2.21. The number of rotatable bonds is 6. The summed E-state index contributed by atoms with van der Waals surface area (Å²) in [5, 5.41) is 2.14. The number of benzene rings is 3. The number of hydrogen-bond acceptors (Lipinski definition) is 3. The summed E-state index contributed by atoms with van der Waals surface area (Å²) in [5.41, 5.74) is 3.57. The Morgan fingerprint density at radius 3 is 2.29 bits per heavy atom. The zero-order valence-electron chi connectivity index (χ0n) is 15.4. The van der Waals surface area contributed by atoms with Crippen LogP contribution in [0.2, 0.25) is 0 Å². The third kappa shape index (κ3) is 3.27. The Bertz CT molecular complexity index is 1260. The zero-order valence-corrected chi connectivity index (χ0v) is 16.3. The SMILES string of the molecule is CS(=O)(=O)N(C=O)c1ccc2c3ccccc3n(CCc3ccccc3)c2c1. The molecule has 4 aromatic rings. The zero-order chi connectivity index (χ0) is 19.7. The van der Waals surface area contributed by atoms with Crippen LogP contribution >= 0.6 is 0 Å². The third-order valence-corrected chi connectivity index (χ3v) is 5.94. The van der Waals surface area contributed by atoms with Gasteiger partial charge in [-0.25, -0.2) is 12.7 Å². The molecule has 1 heterocycles. The van der Waals surface area contributed by atoms with Gasteiger partial charge in [0.1, 0.15) is 0 Å². The minimum absolute atomic E-state index is 0.341. The van der Waals surface area contributed by atoms with Crippen molar-refractivity contribution in [1.82, 2.24) is 4.57 Å². The van der Waals surface area contributed by atoms with Crippen molar-refractivity contribution in [3.8, 4) is 0 Å². The molecule has 1 amide bonds. The lowest BCUT2D eigenvalue weighted by Gasteiger charge is -2.15. The van der Waals surface area contributed by atoms with Gasteiger partial charge in [0.15, 0.2) is 0 Å². The smallest absolute Gasteiger partial charge is 0.238 e. The van der Waals surface area contributed by atoms with Crippen molar-refractivity contribution in [3.63, 3.8) is 0 Å². The molecule has 28 heavy (non-hydrogen) atoms. The molecule has 0 radical (unpaired) electrons. The van der Waals surface area contributed by atoms with Gasteiger partial charge in [0.2, 0.25) is 16.4 Å². The number of anilines is 1. The number of para-hydroxylation sites is 1. The van der Waals surface area contributed by atoms with Crippen LogP contribution in [-0.4, -0.2) is 25.7 Å². The van der Waals surface area contributed by atoms with E-state index in [0.717, 1.165) is 45.3 Å². The summed E-state index contributed by atoms with van der Waals surface area (Å²) in [6, 6.07) is 23.7. The summed E-state index contributed by atoms with van der Waals surface area (Å²) in [6.45, 7) is 0.747. The van der Waals surface area contributed by atoms with Gasteiger partial charge in [-0.3, -0.25) is 4.79 Å². The normalized spacial score (nSPS) is 11.8. The first-order valence-electron chi connectivity index (χ1n) is 8.98. The molecule has 0 fully saturated rings. The Morgan fingerprint density at radius 2 is 1.57 bits per heavy atom. The van der Waals surface area contributed by atoms with Crippen LogP contribution in [0.3, 0.4) is 0 Å². The van der Waals surface area contributed by atoms with Crippen LogP contribution in [-0.2, 0) is 27.8 Å². The van der Waals surface area contributed by atoms with E-state index in [4.69, 9.17) is 0 Å². The monoisotopic (exact) mass is 392 g/mol. The molecule has 0 atom stereocenters. The fourth-order valence-electron chi connectivity index (χ4n) is 3.63. The van der Waals surface area contributed by atoms with Gasteiger partial charge >= 0.3 is 0 Å². The highest BCUT2D eigenvalue weighted by Crippen LogP contribution is 2.32. The van der Waals surface area contributed by atoms with Crippen molar-refractivity contribution in [1.29, 1.82) is 0 Å². The van der Waals surface area contributed by atoms with E-state index in [9.17, 15) is 13.2 Å². The largest absolute Gasteiger partial charge is 0.340 e. The number of carbonyl (C=O) groups is 1. The molecule has 0 unspecified atom stereocenters. The van der Waals surface area contributed by atoms with E-state index in [0.29, 0.717) is 12.1 Å². The van der Waals surface area contributed by atoms with E-state index in [-0.39, 0.29) is 0 Å². The van der Waals surface area contributed by atoms with Gasteiger partial charge in [-0.05, 0) is 30.2 Å². The van der Waals surface area contributed by atoms with Crippen LogP contribution in [0.25, 0.3) is 21.8 Å². The Hall–Kier alpha value is -3.12. The average molecular weight is 392 g/mol. The predicted octanol–water partition coefficient (Wildman–Crippen LogP) is 3.96. The maximum absolute atomic E-state index is 12.0. The van der Waals surface area contributed by atoms with Crippen LogP contribution in [0.4, 0.5) is 5.69 Å². The van der Waals surface area contributed by atoms with E-state index in [2.05, 4.69) is 28.8 Å². The van der Waals surface area contributed by atoms with Crippen molar-refractivity contribution in [3.05, 3.63) is 78.4 Å². The van der Waals surface area contributed by atoms with E-state index in [1.165, 1.54) is 5.56 Å². The van der Waals surface area contributed by atoms with Crippen LogP contribution in [0.1, 0.15) is 5.56 Å². The van der Waals surface area contributed by atoms with E-state index in [1.54, 1.807) is 12.1 Å². The number of nitrogens with zero attached hydrogens (tertiary/aromatic N) is 2. The molecular formula is C22H20N2O3S. The highest BCUT2D eigenvalue weighted by Gasteiger charge is 2.19. The summed E-state index contributed by atoms with van der Waals surface area (Å²) < 4.78 is 26.9. The summed E-state index contributed by atoms with van der Waals surface area (Å²) in [5.74, 6) is 0. The summed E-state index contributed by atoms with van der Waals surface area (Å²) >= 11 is 0. The third-order valence-electron chi connectivity index (χ3n) is 4.93. The first kappa shape index (κ1) is 18.3. The number of hydrogen-bond donors (Lipinski definition) is 0. The van der Waals surface area contributed by atoms with Gasteiger partial charge in [0, 0.05) is 22.8 Å². The van der Waals surface area contributed by atoms with Crippen molar-refractivity contribution in [2.75, 3.05) is 10.6 Å². The average Bonchev–Trinajstić information content (AvgIpc) is 3.00. The fraction of sp³-hybridized carbons (Fsp3) is 0.136. The summed E-state index contributed by atoms with van der Waals surface area (Å²) in [7, 11) is -3.68. The van der Waals surface area contributed by atoms with Crippen molar-refractivity contribution >= 4 is 43.9 Å². The predicted molar refractivity (Wildman–Crippen MR) is 113 cm³/mol. The minimum atomic E-state index is -3.68. The van der Waals surface area contributed by atoms with Crippen molar-refractivity contribution < 1.29 is 13.2 Å². The number of sulfonamides is 1. The number of carbonyl (C=O) groups excluding carboxylic acids is 1. The molecule has 0 saturated heterocycles. The molecule has 142 valence electrons. The highest BCUT2D eigenvalue weighted by molar-refractivity contribution is 7.92. The quantitative estimate of drug-likeness (QED) is 0.467. The molecule has 1 aromatic heterocycles. The second kappa shape index (κ2) is 7.13. The van der Waals surface area contributed by atoms with Crippen LogP contribution in [0.15, 0.2) is 72.8 Å². The molecule has 0 aliphatic carbocycles. The molecule has 5 nitrogen and oxygen atoms in total. The van der Waals surface area contributed by atoms with E-state index in [1.807, 2.05) is 36.4 Å². The standard InChI is InChI=1S/C22H20N2O3S/c1-28(26,27)24(16-25)18-11-12-20-19-9-5-6-10-21(19)23(22(20)15-18)14-13-17-7-3-2-4-8-17/h2-12,15-16H,13-14H2,1H3. The number of aromatic nitrogens is 1. The Labute approximate surface area is 163 Å². The molecule has 4 rings (SSSR count). The first-order chi connectivity index (χ1) is 13.5. The lowest BCUT2D eigenvalue weighted by atomic mass is 10.1. The van der Waals surface area contributed by atoms with E-state index >= 15 is 0 Å². The Kier molecular flexibility index (Phi) is 4.65. The van der Waals surface area contributed by atoms with Gasteiger partial charge < -0.3 is 4.57 Å². The summed E-state index contributed by atoms with van der Waals surface area (Å²) in [4.78, 5) is 11.4. The number of aryl methyl sites for hydroxylation is 2. The lowest BCUT2D eigenvalue weighted by molar-refractivity contribution is -0.106. The molecule has 0 saturated carbocycles. The molecule has 3 aromatic carbocycles. The van der Waals surface area contributed by atoms with Gasteiger partial charge in [-0.1, -0.05) is 54.6 Å². The lowest BCUT2D eigenvalue weighted by Crippen LogP contribution is -2.28. The molecule has 0 N–H and O–H groups in total. The highest BCUT2D eigenvalue weighted by atomic mass is 32.2.